The number of halogens is 2. The van der Waals surface area contributed by atoms with Gasteiger partial charge in [0.1, 0.15) is 6.23 Å². The topological polar surface area (TPSA) is 52.5 Å². The molecule has 0 aliphatic heterocycles. The lowest BCUT2D eigenvalue weighted by Gasteiger charge is -2.20. The standard InChI is InChI=1S/C19H19Cl2NO2/c1-11(10-23)19(24)22-9-16-12-4-2-6-17(20)14(12)8-15-13(16)5-3-7-18(15)21/h2-8,11,19,22-24H,9-10H2,1H3. The van der Waals surface area contributed by atoms with Gasteiger partial charge in [-0.15, -0.1) is 0 Å². The number of rotatable bonds is 5. The zero-order valence-corrected chi connectivity index (χ0v) is 14.8. The number of nitrogens with one attached hydrogen (secondary N) is 1. The number of aliphatic hydroxyl groups is 2. The third kappa shape index (κ3) is 3.23. The lowest BCUT2D eigenvalue weighted by Crippen LogP contribution is -2.35. The van der Waals surface area contributed by atoms with Crippen molar-refractivity contribution in [1.82, 2.24) is 5.32 Å². The van der Waals surface area contributed by atoms with Crippen molar-refractivity contribution in [1.29, 1.82) is 0 Å². The van der Waals surface area contributed by atoms with E-state index in [4.69, 9.17) is 23.2 Å². The van der Waals surface area contributed by atoms with Gasteiger partial charge in [-0.1, -0.05) is 54.4 Å². The molecular weight excluding hydrogens is 345 g/mol. The highest BCUT2D eigenvalue weighted by Gasteiger charge is 2.15. The molecule has 24 heavy (non-hydrogen) atoms. The Bertz CT molecular complexity index is 822. The van der Waals surface area contributed by atoms with Crippen molar-refractivity contribution in [3.05, 3.63) is 58.1 Å². The highest BCUT2D eigenvalue weighted by molar-refractivity contribution is 6.38. The van der Waals surface area contributed by atoms with Crippen molar-refractivity contribution >= 4 is 44.7 Å². The van der Waals surface area contributed by atoms with E-state index in [-0.39, 0.29) is 12.5 Å². The molecule has 0 fully saturated rings. The molecule has 0 aliphatic carbocycles. The predicted octanol–water partition coefficient (Wildman–Crippen LogP) is 4.34. The molecule has 2 atom stereocenters. The van der Waals surface area contributed by atoms with E-state index in [9.17, 15) is 10.2 Å². The van der Waals surface area contributed by atoms with E-state index in [1.165, 1.54) is 0 Å². The average molecular weight is 364 g/mol. The SMILES string of the molecule is CC(CO)C(O)NCc1c2cccc(Cl)c2cc2c(Cl)cccc12. The minimum Gasteiger partial charge on any atom is -0.396 e. The number of hydrogen-bond acceptors (Lipinski definition) is 3. The normalized spacial score (nSPS) is 14.2. The third-order valence-electron chi connectivity index (χ3n) is 4.36. The van der Waals surface area contributed by atoms with E-state index in [2.05, 4.69) is 5.32 Å². The van der Waals surface area contributed by atoms with Crippen LogP contribution in [-0.2, 0) is 6.54 Å². The van der Waals surface area contributed by atoms with Crippen LogP contribution < -0.4 is 5.32 Å². The van der Waals surface area contributed by atoms with Crippen molar-refractivity contribution in [3.8, 4) is 0 Å². The molecule has 0 saturated carbocycles. The monoisotopic (exact) mass is 363 g/mol. The van der Waals surface area contributed by atoms with Gasteiger partial charge in [0.15, 0.2) is 0 Å². The van der Waals surface area contributed by atoms with Gasteiger partial charge in [0.05, 0.1) is 0 Å². The van der Waals surface area contributed by atoms with E-state index in [0.29, 0.717) is 16.6 Å². The summed E-state index contributed by atoms with van der Waals surface area (Å²) >= 11 is 12.7. The summed E-state index contributed by atoms with van der Waals surface area (Å²) in [7, 11) is 0. The van der Waals surface area contributed by atoms with Gasteiger partial charge in [0, 0.05) is 39.9 Å². The van der Waals surface area contributed by atoms with Crippen LogP contribution in [0.4, 0.5) is 0 Å². The fourth-order valence-electron chi connectivity index (χ4n) is 2.88. The Morgan fingerprint density at radius 3 is 2.00 bits per heavy atom. The Hall–Kier alpha value is -1.36. The molecule has 0 spiro atoms. The Balaban J connectivity index is 2.15. The van der Waals surface area contributed by atoms with Crippen LogP contribution in [0, 0.1) is 5.92 Å². The summed E-state index contributed by atoms with van der Waals surface area (Å²) in [6.07, 6.45) is -0.793. The van der Waals surface area contributed by atoms with E-state index < -0.39 is 6.23 Å². The molecule has 126 valence electrons. The Morgan fingerprint density at radius 1 is 0.958 bits per heavy atom. The molecule has 3 nitrogen and oxygen atoms in total. The van der Waals surface area contributed by atoms with Crippen molar-refractivity contribution in [2.45, 2.75) is 19.7 Å². The van der Waals surface area contributed by atoms with Crippen molar-refractivity contribution < 1.29 is 10.2 Å². The molecule has 3 rings (SSSR count). The van der Waals surface area contributed by atoms with Gasteiger partial charge in [-0.05, 0) is 34.5 Å². The fraction of sp³-hybridized carbons (Fsp3) is 0.263. The van der Waals surface area contributed by atoms with Crippen LogP contribution in [0.3, 0.4) is 0 Å². The largest absolute Gasteiger partial charge is 0.396 e. The zero-order chi connectivity index (χ0) is 17.3. The predicted molar refractivity (Wildman–Crippen MR) is 101 cm³/mol. The second-order valence-corrected chi connectivity index (χ2v) is 6.83. The maximum Gasteiger partial charge on any atom is 0.109 e. The number of aliphatic hydroxyl groups excluding tert-OH is 2. The number of hydrogen-bond donors (Lipinski definition) is 3. The summed E-state index contributed by atoms with van der Waals surface area (Å²) < 4.78 is 0. The van der Waals surface area contributed by atoms with Crippen LogP contribution >= 0.6 is 23.2 Å². The quantitative estimate of drug-likeness (QED) is 0.466. The summed E-state index contributed by atoms with van der Waals surface area (Å²) in [5.41, 5.74) is 1.02. The average Bonchev–Trinajstić information content (AvgIpc) is 2.59. The van der Waals surface area contributed by atoms with Crippen LogP contribution in [0.1, 0.15) is 12.5 Å². The molecule has 5 heteroatoms. The molecule has 0 bridgehead atoms. The molecule has 0 radical (unpaired) electrons. The molecule has 0 aromatic heterocycles. The van der Waals surface area contributed by atoms with Crippen molar-refractivity contribution in [3.63, 3.8) is 0 Å². The summed E-state index contributed by atoms with van der Waals surface area (Å²) in [6.45, 7) is 2.15. The second-order valence-electron chi connectivity index (χ2n) is 6.01. The van der Waals surface area contributed by atoms with Gasteiger partial charge in [0.2, 0.25) is 0 Å². The molecule has 0 saturated heterocycles. The van der Waals surface area contributed by atoms with Crippen LogP contribution in [0.2, 0.25) is 10.0 Å². The molecule has 0 amide bonds. The lowest BCUT2D eigenvalue weighted by atomic mass is 9.96. The van der Waals surface area contributed by atoms with E-state index in [1.807, 2.05) is 42.5 Å². The fourth-order valence-corrected chi connectivity index (χ4v) is 3.34. The van der Waals surface area contributed by atoms with E-state index in [1.54, 1.807) is 6.92 Å². The lowest BCUT2D eigenvalue weighted by molar-refractivity contribution is 0.0496. The smallest absolute Gasteiger partial charge is 0.109 e. The van der Waals surface area contributed by atoms with Gasteiger partial charge >= 0.3 is 0 Å². The molecule has 3 aromatic rings. The molecular formula is C19H19Cl2NO2. The second kappa shape index (κ2) is 7.26. The molecule has 2 unspecified atom stereocenters. The van der Waals surface area contributed by atoms with Crippen molar-refractivity contribution in [2.75, 3.05) is 6.61 Å². The van der Waals surface area contributed by atoms with Crippen molar-refractivity contribution in [2.24, 2.45) is 5.92 Å². The first-order valence-corrected chi connectivity index (χ1v) is 8.59. The van der Waals surface area contributed by atoms with Crippen LogP contribution in [-0.4, -0.2) is 23.0 Å². The summed E-state index contributed by atoms with van der Waals surface area (Å²) in [4.78, 5) is 0. The minimum atomic E-state index is -0.793. The first kappa shape index (κ1) is 17.5. The minimum absolute atomic E-state index is 0.0812. The zero-order valence-electron chi connectivity index (χ0n) is 13.3. The molecule has 0 heterocycles. The summed E-state index contributed by atoms with van der Waals surface area (Å²) in [6, 6.07) is 13.6. The Morgan fingerprint density at radius 2 is 1.50 bits per heavy atom. The number of fused-ring (bicyclic) bond motifs is 2. The summed E-state index contributed by atoms with van der Waals surface area (Å²) in [5.74, 6) is -0.251. The first-order valence-electron chi connectivity index (χ1n) is 7.83. The first-order chi connectivity index (χ1) is 11.5. The molecule has 3 aromatic carbocycles. The Labute approximate surface area is 150 Å². The maximum atomic E-state index is 10.1. The maximum absolute atomic E-state index is 10.1. The summed E-state index contributed by atoms with van der Waals surface area (Å²) in [5, 5.41) is 27.6. The van der Waals surface area contributed by atoms with Gasteiger partial charge in [-0.25, -0.2) is 0 Å². The van der Waals surface area contributed by atoms with Crippen LogP contribution in [0.5, 0.6) is 0 Å². The highest BCUT2D eigenvalue weighted by Crippen LogP contribution is 2.35. The molecule has 3 N–H and O–H groups in total. The van der Waals surface area contributed by atoms with Gasteiger partial charge < -0.3 is 10.2 Å². The van der Waals surface area contributed by atoms with Crippen LogP contribution in [0.15, 0.2) is 42.5 Å². The van der Waals surface area contributed by atoms with Gasteiger partial charge in [-0.2, -0.15) is 0 Å². The molecule has 0 aliphatic rings. The van der Waals surface area contributed by atoms with E-state index >= 15 is 0 Å². The highest BCUT2D eigenvalue weighted by atomic mass is 35.5. The van der Waals surface area contributed by atoms with Gasteiger partial charge in [-0.3, -0.25) is 5.32 Å². The van der Waals surface area contributed by atoms with Gasteiger partial charge in [0.25, 0.3) is 0 Å². The Kier molecular flexibility index (Phi) is 5.28. The van der Waals surface area contributed by atoms with E-state index in [0.717, 1.165) is 27.1 Å². The van der Waals surface area contributed by atoms with Crippen LogP contribution in [0.25, 0.3) is 21.5 Å². The number of benzene rings is 3. The third-order valence-corrected chi connectivity index (χ3v) is 5.02.